The molecule has 3 rings (SSSR count). The maximum Gasteiger partial charge on any atom is 0.0917 e. The van der Waals surface area contributed by atoms with Crippen molar-refractivity contribution in [2.75, 3.05) is 13.6 Å². The molecule has 1 saturated carbocycles. The van der Waals surface area contributed by atoms with Crippen molar-refractivity contribution >= 4 is 10.8 Å². The standard InChI is InChI=1S/C19H25NO/c1-20(18-9-3-2-4-10-18)14-19(21)17-12-11-15-7-5-6-8-16(15)13-17/h5-8,11-13,18-19,21H,2-4,9-10,14H2,1H3. The van der Waals surface area contributed by atoms with E-state index in [0.717, 1.165) is 12.1 Å². The Bertz CT molecular complexity index is 589. The fourth-order valence-corrected chi connectivity index (χ4v) is 3.46. The third-order valence-corrected chi connectivity index (χ3v) is 4.82. The highest BCUT2D eigenvalue weighted by atomic mass is 16.3. The zero-order valence-corrected chi connectivity index (χ0v) is 12.8. The Morgan fingerprint density at radius 1 is 1.05 bits per heavy atom. The topological polar surface area (TPSA) is 23.5 Å². The summed E-state index contributed by atoms with van der Waals surface area (Å²) in [6.07, 6.45) is 6.20. The van der Waals surface area contributed by atoms with E-state index in [4.69, 9.17) is 0 Å². The Hall–Kier alpha value is -1.38. The maximum atomic E-state index is 10.5. The molecule has 0 aromatic heterocycles. The molecule has 1 unspecified atom stereocenters. The summed E-state index contributed by atoms with van der Waals surface area (Å²) >= 11 is 0. The van der Waals surface area contributed by atoms with Crippen LogP contribution in [0.3, 0.4) is 0 Å². The van der Waals surface area contributed by atoms with Gasteiger partial charge in [-0.3, -0.25) is 0 Å². The van der Waals surface area contributed by atoms with Gasteiger partial charge in [0.25, 0.3) is 0 Å². The molecule has 0 heterocycles. The Balaban J connectivity index is 1.69. The normalized spacial score (nSPS) is 18.2. The first kappa shape index (κ1) is 14.6. The lowest BCUT2D eigenvalue weighted by molar-refractivity contribution is 0.0915. The average molecular weight is 283 g/mol. The second-order valence-corrected chi connectivity index (χ2v) is 6.35. The molecule has 0 radical (unpaired) electrons. The summed E-state index contributed by atoms with van der Waals surface area (Å²) < 4.78 is 0. The fraction of sp³-hybridized carbons (Fsp3) is 0.474. The number of rotatable bonds is 4. The Morgan fingerprint density at radius 3 is 2.52 bits per heavy atom. The monoisotopic (exact) mass is 283 g/mol. The van der Waals surface area contributed by atoms with Crippen LogP contribution < -0.4 is 0 Å². The van der Waals surface area contributed by atoms with Gasteiger partial charge in [-0.1, -0.05) is 55.7 Å². The minimum Gasteiger partial charge on any atom is -0.387 e. The molecule has 0 aliphatic heterocycles. The predicted molar refractivity (Wildman–Crippen MR) is 88.4 cm³/mol. The van der Waals surface area contributed by atoms with E-state index in [1.54, 1.807) is 0 Å². The molecule has 0 spiro atoms. The first-order valence-corrected chi connectivity index (χ1v) is 8.11. The number of benzene rings is 2. The van der Waals surface area contributed by atoms with Gasteiger partial charge >= 0.3 is 0 Å². The molecule has 2 nitrogen and oxygen atoms in total. The largest absolute Gasteiger partial charge is 0.387 e. The average Bonchev–Trinajstić information content (AvgIpc) is 2.55. The van der Waals surface area contributed by atoms with Crippen LogP contribution >= 0.6 is 0 Å². The van der Waals surface area contributed by atoms with Crippen molar-refractivity contribution < 1.29 is 5.11 Å². The number of hydrogen-bond acceptors (Lipinski definition) is 2. The summed E-state index contributed by atoms with van der Waals surface area (Å²) in [4.78, 5) is 2.35. The Labute approximate surface area is 127 Å². The molecular formula is C19H25NO. The SMILES string of the molecule is CN(CC(O)c1ccc2ccccc2c1)C1CCCCC1. The van der Waals surface area contributed by atoms with Crippen molar-refractivity contribution in [1.82, 2.24) is 4.90 Å². The van der Waals surface area contributed by atoms with E-state index in [1.165, 1.54) is 42.9 Å². The van der Waals surface area contributed by atoms with Crippen molar-refractivity contribution in [3.8, 4) is 0 Å². The summed E-state index contributed by atoms with van der Waals surface area (Å²) in [5, 5.41) is 13.0. The van der Waals surface area contributed by atoms with Crippen LogP contribution in [0.15, 0.2) is 42.5 Å². The number of likely N-dealkylation sites (N-methyl/N-ethyl adjacent to an activating group) is 1. The molecule has 1 atom stereocenters. The molecule has 2 heteroatoms. The summed E-state index contributed by atoms with van der Waals surface area (Å²) in [5.74, 6) is 0. The zero-order chi connectivity index (χ0) is 14.7. The van der Waals surface area contributed by atoms with Crippen LogP contribution in [0.25, 0.3) is 10.8 Å². The van der Waals surface area contributed by atoms with E-state index in [-0.39, 0.29) is 0 Å². The van der Waals surface area contributed by atoms with Gasteiger partial charge in [0.1, 0.15) is 0 Å². The van der Waals surface area contributed by atoms with Crippen LogP contribution in [-0.4, -0.2) is 29.6 Å². The lowest BCUT2D eigenvalue weighted by Crippen LogP contribution is -2.36. The minimum atomic E-state index is -0.401. The predicted octanol–water partition coefficient (Wildman–Crippen LogP) is 4.14. The summed E-state index contributed by atoms with van der Waals surface area (Å²) in [5.41, 5.74) is 1.02. The highest BCUT2D eigenvalue weighted by Gasteiger charge is 2.20. The van der Waals surface area contributed by atoms with Gasteiger partial charge in [-0.2, -0.15) is 0 Å². The van der Waals surface area contributed by atoms with Crippen molar-refractivity contribution in [3.63, 3.8) is 0 Å². The number of fused-ring (bicyclic) bond motifs is 1. The van der Waals surface area contributed by atoms with Crippen molar-refractivity contribution in [2.45, 2.75) is 44.2 Å². The summed E-state index contributed by atoms with van der Waals surface area (Å²) in [6.45, 7) is 0.725. The van der Waals surface area contributed by atoms with Gasteiger partial charge in [-0.25, -0.2) is 0 Å². The molecule has 0 amide bonds. The maximum absolute atomic E-state index is 10.5. The summed E-state index contributed by atoms with van der Waals surface area (Å²) in [7, 11) is 2.15. The van der Waals surface area contributed by atoms with Crippen LogP contribution in [0.2, 0.25) is 0 Å². The minimum absolute atomic E-state index is 0.401. The van der Waals surface area contributed by atoms with Crippen molar-refractivity contribution in [2.24, 2.45) is 0 Å². The van der Waals surface area contributed by atoms with Gasteiger partial charge in [-0.15, -0.1) is 0 Å². The number of nitrogens with zero attached hydrogens (tertiary/aromatic N) is 1. The van der Waals surface area contributed by atoms with Gasteiger partial charge in [0, 0.05) is 12.6 Å². The second-order valence-electron chi connectivity index (χ2n) is 6.35. The summed E-state index contributed by atoms with van der Waals surface area (Å²) in [6, 6.07) is 15.2. The first-order chi connectivity index (χ1) is 10.2. The van der Waals surface area contributed by atoms with Gasteiger partial charge in [-0.05, 0) is 42.3 Å². The molecule has 0 saturated heterocycles. The third-order valence-electron chi connectivity index (χ3n) is 4.82. The van der Waals surface area contributed by atoms with E-state index < -0.39 is 6.10 Å². The molecule has 0 bridgehead atoms. The lowest BCUT2D eigenvalue weighted by atomic mass is 9.94. The van der Waals surface area contributed by atoms with Crippen LogP contribution in [0.4, 0.5) is 0 Å². The van der Waals surface area contributed by atoms with E-state index in [0.29, 0.717) is 6.04 Å². The molecule has 1 fully saturated rings. The van der Waals surface area contributed by atoms with Gasteiger partial charge in [0.15, 0.2) is 0 Å². The smallest absolute Gasteiger partial charge is 0.0917 e. The number of aliphatic hydroxyl groups excluding tert-OH is 1. The van der Waals surface area contributed by atoms with Gasteiger partial charge in [0.05, 0.1) is 6.10 Å². The van der Waals surface area contributed by atoms with Crippen molar-refractivity contribution in [1.29, 1.82) is 0 Å². The molecule has 21 heavy (non-hydrogen) atoms. The third kappa shape index (κ3) is 3.45. The molecule has 2 aromatic carbocycles. The Morgan fingerprint density at radius 2 is 1.76 bits per heavy atom. The molecule has 1 aliphatic rings. The van der Waals surface area contributed by atoms with E-state index in [9.17, 15) is 5.11 Å². The lowest BCUT2D eigenvalue weighted by Gasteiger charge is -2.32. The van der Waals surface area contributed by atoms with Crippen LogP contribution in [0, 0.1) is 0 Å². The molecule has 112 valence electrons. The van der Waals surface area contributed by atoms with E-state index >= 15 is 0 Å². The highest BCUT2D eigenvalue weighted by Crippen LogP contribution is 2.25. The molecular weight excluding hydrogens is 258 g/mol. The van der Waals surface area contributed by atoms with Crippen molar-refractivity contribution in [3.05, 3.63) is 48.0 Å². The molecule has 1 aliphatic carbocycles. The van der Waals surface area contributed by atoms with Crippen LogP contribution in [-0.2, 0) is 0 Å². The number of aliphatic hydroxyl groups is 1. The highest BCUT2D eigenvalue weighted by molar-refractivity contribution is 5.83. The van der Waals surface area contributed by atoms with Crippen LogP contribution in [0.1, 0.15) is 43.8 Å². The van der Waals surface area contributed by atoms with Gasteiger partial charge < -0.3 is 10.0 Å². The van der Waals surface area contributed by atoms with Gasteiger partial charge in [0.2, 0.25) is 0 Å². The Kier molecular flexibility index (Phi) is 4.57. The van der Waals surface area contributed by atoms with E-state index in [1.807, 2.05) is 6.07 Å². The van der Waals surface area contributed by atoms with Crippen LogP contribution in [0.5, 0.6) is 0 Å². The quantitative estimate of drug-likeness (QED) is 0.911. The number of hydrogen-bond donors (Lipinski definition) is 1. The zero-order valence-electron chi connectivity index (χ0n) is 12.8. The molecule has 2 aromatic rings. The second kappa shape index (κ2) is 6.59. The fourth-order valence-electron chi connectivity index (χ4n) is 3.46. The first-order valence-electron chi connectivity index (χ1n) is 8.11. The van der Waals surface area contributed by atoms with E-state index in [2.05, 4.69) is 48.3 Å². The molecule has 1 N–H and O–H groups in total.